The first-order valence-corrected chi connectivity index (χ1v) is 11.9. The molecule has 1 aromatic heterocycles. The van der Waals surface area contributed by atoms with Crippen molar-refractivity contribution >= 4 is 5.91 Å². The molecular weight excluding hydrogens is 362 g/mol. The summed E-state index contributed by atoms with van der Waals surface area (Å²) >= 11 is 0. The lowest BCUT2D eigenvalue weighted by molar-refractivity contribution is 0.0773. The van der Waals surface area contributed by atoms with Gasteiger partial charge in [-0.2, -0.15) is 0 Å². The first-order valence-electron chi connectivity index (χ1n) is 11.9. The van der Waals surface area contributed by atoms with E-state index in [-0.39, 0.29) is 16.9 Å². The van der Waals surface area contributed by atoms with E-state index >= 15 is 0 Å². The minimum atomic E-state index is -0.101. The Bertz CT molecular complexity index is 706. The number of amides is 1. The first-order chi connectivity index (χ1) is 13.9. The van der Waals surface area contributed by atoms with Crippen molar-refractivity contribution in [2.45, 2.75) is 96.9 Å². The molecule has 162 valence electrons. The van der Waals surface area contributed by atoms with Crippen molar-refractivity contribution in [1.82, 2.24) is 15.4 Å². The molecule has 5 heteroatoms. The van der Waals surface area contributed by atoms with Crippen LogP contribution in [-0.2, 0) is 12.8 Å². The number of hydrogen-bond donors (Lipinski definition) is 1. The average molecular weight is 402 g/mol. The topological polar surface area (TPSA) is 58.4 Å². The van der Waals surface area contributed by atoms with Crippen LogP contribution >= 0.6 is 0 Å². The van der Waals surface area contributed by atoms with Crippen LogP contribution in [0.25, 0.3) is 0 Å². The third-order valence-corrected chi connectivity index (χ3v) is 7.64. The minimum absolute atomic E-state index is 0.0107. The highest BCUT2D eigenvalue weighted by atomic mass is 16.5. The van der Waals surface area contributed by atoms with Crippen LogP contribution in [0.15, 0.2) is 4.52 Å². The fourth-order valence-electron chi connectivity index (χ4n) is 5.72. The summed E-state index contributed by atoms with van der Waals surface area (Å²) in [6, 6.07) is 0. The molecule has 0 radical (unpaired) electrons. The van der Waals surface area contributed by atoms with E-state index in [0.717, 1.165) is 50.0 Å². The lowest BCUT2D eigenvalue weighted by atomic mass is 9.71. The van der Waals surface area contributed by atoms with Gasteiger partial charge in [0.2, 0.25) is 0 Å². The quantitative estimate of drug-likeness (QED) is 0.791. The zero-order chi connectivity index (χ0) is 20.5. The Morgan fingerprint density at radius 2 is 1.83 bits per heavy atom. The van der Waals surface area contributed by atoms with Gasteiger partial charge in [-0.1, -0.05) is 51.6 Å². The summed E-state index contributed by atoms with van der Waals surface area (Å²) in [6.07, 6.45) is 12.7. The molecule has 0 aromatic carbocycles. The molecule has 2 fully saturated rings. The van der Waals surface area contributed by atoms with Gasteiger partial charge in [-0.05, 0) is 62.9 Å². The number of carbonyl (C=O) groups excluding carboxylic acids is 1. The Morgan fingerprint density at radius 1 is 1.14 bits per heavy atom. The lowest BCUT2D eigenvalue weighted by Gasteiger charge is -2.42. The Morgan fingerprint density at radius 3 is 2.52 bits per heavy atom. The zero-order valence-corrected chi connectivity index (χ0v) is 18.7. The normalized spacial score (nSPS) is 25.4. The fourth-order valence-corrected chi connectivity index (χ4v) is 5.72. The van der Waals surface area contributed by atoms with E-state index in [4.69, 9.17) is 4.52 Å². The minimum Gasteiger partial charge on any atom is -0.360 e. The van der Waals surface area contributed by atoms with Crippen LogP contribution < -0.4 is 5.32 Å². The Labute approximate surface area is 176 Å². The molecule has 2 heterocycles. The summed E-state index contributed by atoms with van der Waals surface area (Å²) in [7, 11) is 0. The van der Waals surface area contributed by atoms with Gasteiger partial charge in [0.1, 0.15) is 5.76 Å². The van der Waals surface area contributed by atoms with Gasteiger partial charge >= 0.3 is 0 Å². The van der Waals surface area contributed by atoms with Crippen LogP contribution in [0.5, 0.6) is 0 Å². The van der Waals surface area contributed by atoms with Crippen LogP contribution in [0.1, 0.15) is 100 Å². The summed E-state index contributed by atoms with van der Waals surface area (Å²) in [5.74, 6) is 1.49. The van der Waals surface area contributed by atoms with Gasteiger partial charge in [0.25, 0.3) is 5.91 Å². The first kappa shape index (κ1) is 20.9. The average Bonchev–Trinajstić information content (AvgIpc) is 3.12. The van der Waals surface area contributed by atoms with Crippen molar-refractivity contribution in [2.75, 3.05) is 19.6 Å². The maximum absolute atomic E-state index is 13.4. The van der Waals surface area contributed by atoms with Crippen LogP contribution in [0.2, 0.25) is 0 Å². The third kappa shape index (κ3) is 4.70. The van der Waals surface area contributed by atoms with E-state index in [1.165, 1.54) is 51.6 Å². The van der Waals surface area contributed by atoms with E-state index in [2.05, 4.69) is 36.1 Å². The summed E-state index contributed by atoms with van der Waals surface area (Å²) in [4.78, 5) is 16.0. The second kappa shape index (κ2) is 8.41. The van der Waals surface area contributed by atoms with Gasteiger partial charge in [0, 0.05) is 18.5 Å². The van der Waals surface area contributed by atoms with Crippen molar-refractivity contribution < 1.29 is 9.32 Å². The van der Waals surface area contributed by atoms with Crippen molar-refractivity contribution in [1.29, 1.82) is 0 Å². The Kier molecular flexibility index (Phi) is 6.06. The second-order valence-corrected chi connectivity index (χ2v) is 10.9. The van der Waals surface area contributed by atoms with Gasteiger partial charge in [-0.25, -0.2) is 0 Å². The van der Waals surface area contributed by atoms with E-state index in [0.29, 0.717) is 11.6 Å². The van der Waals surface area contributed by atoms with E-state index in [9.17, 15) is 4.79 Å². The molecule has 1 aliphatic heterocycles. The van der Waals surface area contributed by atoms with Gasteiger partial charge in [0.05, 0.1) is 5.54 Å². The molecule has 3 aliphatic rings. The van der Waals surface area contributed by atoms with Gasteiger partial charge < -0.3 is 14.7 Å². The molecule has 1 unspecified atom stereocenters. The fraction of sp³-hybridized carbons (Fsp3) is 0.833. The summed E-state index contributed by atoms with van der Waals surface area (Å²) < 4.78 is 5.62. The standard InChI is InChI=1S/C24H39N3O2/c1-23(2,3)18-10-11-20-19(16-18)21(26-29-20)22(28)25-24(12-6-4-7-13-24)17-27-14-8-5-9-15-27/h18H,4-17H2,1-3H3,(H,25,28). The predicted molar refractivity (Wildman–Crippen MR) is 115 cm³/mol. The highest BCUT2D eigenvalue weighted by Gasteiger charge is 2.39. The van der Waals surface area contributed by atoms with E-state index in [1.807, 2.05) is 0 Å². The molecule has 5 nitrogen and oxygen atoms in total. The number of nitrogens with one attached hydrogen (secondary N) is 1. The van der Waals surface area contributed by atoms with Crippen molar-refractivity contribution in [2.24, 2.45) is 11.3 Å². The number of piperidine rings is 1. The van der Waals surface area contributed by atoms with Gasteiger partial charge in [0.15, 0.2) is 5.69 Å². The summed E-state index contributed by atoms with van der Waals surface area (Å²) in [5.41, 5.74) is 1.76. The molecule has 4 rings (SSSR count). The molecule has 1 amide bonds. The third-order valence-electron chi connectivity index (χ3n) is 7.64. The highest BCUT2D eigenvalue weighted by molar-refractivity contribution is 5.94. The number of aromatic nitrogens is 1. The number of rotatable bonds is 4. The molecule has 0 spiro atoms. The molecule has 1 N–H and O–H groups in total. The maximum atomic E-state index is 13.4. The Hall–Kier alpha value is -1.36. The molecule has 1 saturated carbocycles. The number of nitrogens with zero attached hydrogens (tertiary/aromatic N) is 2. The van der Waals surface area contributed by atoms with Crippen LogP contribution in [0.3, 0.4) is 0 Å². The SMILES string of the molecule is CC(C)(C)C1CCc2onc(C(=O)NC3(CN4CCCCC4)CCCCC3)c2C1. The van der Waals surface area contributed by atoms with Crippen LogP contribution in [0.4, 0.5) is 0 Å². The molecule has 1 aromatic rings. The van der Waals surface area contributed by atoms with Crippen LogP contribution in [-0.4, -0.2) is 41.1 Å². The van der Waals surface area contributed by atoms with Gasteiger partial charge in [-0.3, -0.25) is 4.79 Å². The van der Waals surface area contributed by atoms with E-state index in [1.54, 1.807) is 0 Å². The number of hydrogen-bond acceptors (Lipinski definition) is 4. The summed E-state index contributed by atoms with van der Waals surface area (Å²) in [5, 5.41) is 7.74. The van der Waals surface area contributed by atoms with Crippen molar-refractivity contribution in [3.8, 4) is 0 Å². The molecule has 1 saturated heterocycles. The van der Waals surface area contributed by atoms with Crippen molar-refractivity contribution in [3.63, 3.8) is 0 Å². The summed E-state index contributed by atoms with van der Waals surface area (Å²) in [6.45, 7) is 10.2. The molecule has 29 heavy (non-hydrogen) atoms. The lowest BCUT2D eigenvalue weighted by Crippen LogP contribution is -2.57. The zero-order valence-electron chi connectivity index (χ0n) is 18.7. The largest absolute Gasteiger partial charge is 0.360 e. The second-order valence-electron chi connectivity index (χ2n) is 10.9. The van der Waals surface area contributed by atoms with Gasteiger partial charge in [-0.15, -0.1) is 0 Å². The smallest absolute Gasteiger partial charge is 0.274 e. The number of aryl methyl sites for hydroxylation is 1. The highest BCUT2D eigenvalue weighted by Crippen LogP contribution is 2.38. The number of carbonyl (C=O) groups is 1. The monoisotopic (exact) mass is 401 g/mol. The molecule has 1 atom stereocenters. The predicted octanol–water partition coefficient (Wildman–Crippen LogP) is 4.74. The molecule has 2 aliphatic carbocycles. The van der Waals surface area contributed by atoms with E-state index < -0.39 is 0 Å². The number of fused-ring (bicyclic) bond motifs is 1. The Balaban J connectivity index is 1.51. The van der Waals surface area contributed by atoms with Crippen molar-refractivity contribution in [3.05, 3.63) is 17.0 Å². The number of likely N-dealkylation sites (tertiary alicyclic amines) is 1. The molecular formula is C24H39N3O2. The maximum Gasteiger partial charge on any atom is 0.274 e. The molecule has 0 bridgehead atoms. The van der Waals surface area contributed by atoms with Crippen LogP contribution in [0, 0.1) is 11.3 Å².